The Morgan fingerprint density at radius 2 is 1.97 bits per heavy atom. The second kappa shape index (κ2) is 9.39. The van der Waals surface area contributed by atoms with Crippen LogP contribution in [0.25, 0.3) is 11.3 Å². The van der Waals surface area contributed by atoms with Gasteiger partial charge < -0.3 is 4.74 Å². The first-order valence-electron chi connectivity index (χ1n) is 9.07. The van der Waals surface area contributed by atoms with E-state index in [0.717, 1.165) is 21.8 Å². The first-order valence-corrected chi connectivity index (χ1v) is 10.3. The molecule has 2 N–H and O–H groups in total. The zero-order chi connectivity index (χ0) is 20.8. The predicted octanol–water partition coefficient (Wildman–Crippen LogP) is 5.13. The van der Waals surface area contributed by atoms with Crippen molar-refractivity contribution in [2.45, 2.75) is 6.61 Å². The molecular weight excluding hydrogens is 420 g/mol. The molecule has 0 unspecified atom stereocenters. The van der Waals surface area contributed by atoms with Crippen LogP contribution in [0.4, 0.5) is 0 Å². The molecule has 0 radical (unpaired) electrons. The second-order valence-corrected chi connectivity index (χ2v) is 7.74. The summed E-state index contributed by atoms with van der Waals surface area (Å²) in [5.74, 6) is 0.384. The maximum atomic E-state index is 12.2. The number of nitrogens with one attached hydrogen (secondary N) is 2. The number of aromatic amines is 1. The quantitative estimate of drug-likeness (QED) is 0.311. The Labute approximate surface area is 182 Å². The number of benzene rings is 2. The van der Waals surface area contributed by atoms with Gasteiger partial charge in [0, 0.05) is 15.5 Å². The molecule has 0 bridgehead atoms. The van der Waals surface area contributed by atoms with Crippen LogP contribution in [0.5, 0.6) is 5.75 Å². The van der Waals surface area contributed by atoms with Crippen LogP contribution in [0.2, 0.25) is 5.02 Å². The van der Waals surface area contributed by atoms with E-state index in [9.17, 15) is 4.79 Å². The van der Waals surface area contributed by atoms with Crippen molar-refractivity contribution in [1.29, 1.82) is 0 Å². The van der Waals surface area contributed by atoms with Gasteiger partial charge in [0.05, 0.1) is 11.9 Å². The molecular formula is C22H17ClN4O2S. The van der Waals surface area contributed by atoms with Gasteiger partial charge in [-0.05, 0) is 59.5 Å². The second-order valence-electron chi connectivity index (χ2n) is 6.32. The average molecular weight is 437 g/mol. The monoisotopic (exact) mass is 436 g/mol. The molecule has 0 aliphatic carbocycles. The van der Waals surface area contributed by atoms with Crippen LogP contribution in [0, 0.1) is 0 Å². The van der Waals surface area contributed by atoms with Crippen LogP contribution in [0.15, 0.2) is 77.2 Å². The smallest absolute Gasteiger partial charge is 0.289 e. The van der Waals surface area contributed by atoms with Crippen LogP contribution in [0.3, 0.4) is 0 Å². The number of hydrogen-bond acceptors (Lipinski definition) is 5. The van der Waals surface area contributed by atoms with Crippen molar-refractivity contribution in [2.24, 2.45) is 5.10 Å². The fraction of sp³-hybridized carbons (Fsp3) is 0.0455. The van der Waals surface area contributed by atoms with Crippen molar-refractivity contribution in [3.63, 3.8) is 0 Å². The molecule has 0 fully saturated rings. The molecule has 0 atom stereocenters. The van der Waals surface area contributed by atoms with E-state index >= 15 is 0 Å². The Morgan fingerprint density at radius 1 is 1.17 bits per heavy atom. The minimum atomic E-state index is -0.357. The van der Waals surface area contributed by atoms with Gasteiger partial charge in [0.25, 0.3) is 5.91 Å². The molecule has 4 aromatic rings. The maximum Gasteiger partial charge on any atom is 0.289 e. The lowest BCUT2D eigenvalue weighted by Crippen LogP contribution is -2.17. The van der Waals surface area contributed by atoms with Gasteiger partial charge in [-0.15, -0.1) is 11.3 Å². The highest BCUT2D eigenvalue weighted by Gasteiger charge is 2.10. The van der Waals surface area contributed by atoms with Gasteiger partial charge in [-0.3, -0.25) is 9.89 Å². The number of H-pyrrole nitrogens is 1. The number of amides is 1. The number of nitrogens with zero attached hydrogens (tertiary/aromatic N) is 2. The highest BCUT2D eigenvalue weighted by Crippen LogP contribution is 2.22. The first-order chi connectivity index (χ1) is 14.7. The van der Waals surface area contributed by atoms with Crippen LogP contribution in [-0.2, 0) is 6.61 Å². The van der Waals surface area contributed by atoms with Crippen LogP contribution in [0.1, 0.15) is 20.9 Å². The summed E-state index contributed by atoms with van der Waals surface area (Å²) in [6, 6.07) is 20.6. The van der Waals surface area contributed by atoms with E-state index in [0.29, 0.717) is 23.0 Å². The molecule has 0 saturated carbocycles. The molecule has 6 nitrogen and oxygen atoms in total. The fourth-order valence-corrected chi connectivity index (χ4v) is 3.35. The Hall–Kier alpha value is -3.42. The van der Waals surface area contributed by atoms with Gasteiger partial charge in [-0.2, -0.15) is 10.2 Å². The number of ether oxygens (including phenoxy) is 1. The Bertz CT molecular complexity index is 1140. The highest BCUT2D eigenvalue weighted by molar-refractivity contribution is 7.11. The molecule has 2 heterocycles. The zero-order valence-corrected chi connectivity index (χ0v) is 17.3. The SMILES string of the molecule is O=C(N/N=C/c1cccs1)c1cc(-c2ccc(OCc3ccc(Cl)cc3)cc2)n[nH]1. The molecule has 2 aromatic carbocycles. The molecule has 0 aliphatic heterocycles. The zero-order valence-electron chi connectivity index (χ0n) is 15.7. The van der Waals surface area contributed by atoms with Gasteiger partial charge >= 0.3 is 0 Å². The Kier molecular flexibility index (Phi) is 6.22. The van der Waals surface area contributed by atoms with Gasteiger partial charge in [0.15, 0.2) is 0 Å². The van der Waals surface area contributed by atoms with Crippen molar-refractivity contribution in [3.05, 3.63) is 93.3 Å². The standard InChI is InChI=1S/C22H17ClN4O2S/c23-17-7-3-15(4-8-17)14-29-18-9-5-16(6-10-18)20-12-21(26-25-20)22(28)27-24-13-19-2-1-11-30-19/h1-13H,14H2,(H,25,26)(H,27,28)/b24-13+. The Balaban J connectivity index is 1.34. The number of carbonyl (C=O) groups is 1. The van der Waals surface area contributed by atoms with Gasteiger partial charge in [-0.25, -0.2) is 5.43 Å². The van der Waals surface area contributed by atoms with Gasteiger partial charge in [-0.1, -0.05) is 29.8 Å². The third-order valence-corrected chi connectivity index (χ3v) is 5.25. The van der Waals surface area contributed by atoms with E-state index in [1.807, 2.05) is 66.0 Å². The fourth-order valence-electron chi connectivity index (χ4n) is 2.63. The summed E-state index contributed by atoms with van der Waals surface area (Å²) in [5.41, 5.74) is 5.38. The van der Waals surface area contributed by atoms with Gasteiger partial charge in [0.2, 0.25) is 0 Å². The molecule has 8 heteroatoms. The summed E-state index contributed by atoms with van der Waals surface area (Å²) in [6.45, 7) is 0.454. The van der Waals surface area contributed by atoms with E-state index in [2.05, 4.69) is 20.7 Å². The number of carbonyl (C=O) groups excluding carboxylic acids is 1. The minimum absolute atomic E-state index is 0.330. The molecule has 30 heavy (non-hydrogen) atoms. The lowest BCUT2D eigenvalue weighted by atomic mass is 10.1. The number of halogens is 1. The molecule has 0 aliphatic rings. The van der Waals surface area contributed by atoms with Crippen molar-refractivity contribution in [3.8, 4) is 17.0 Å². The Morgan fingerprint density at radius 3 is 2.70 bits per heavy atom. The van der Waals surface area contributed by atoms with E-state index in [4.69, 9.17) is 16.3 Å². The topological polar surface area (TPSA) is 79.4 Å². The third kappa shape index (κ3) is 5.14. The lowest BCUT2D eigenvalue weighted by molar-refractivity contribution is 0.0950. The predicted molar refractivity (Wildman–Crippen MR) is 119 cm³/mol. The highest BCUT2D eigenvalue weighted by atomic mass is 35.5. The molecule has 0 spiro atoms. The molecule has 150 valence electrons. The molecule has 4 rings (SSSR count). The van der Waals surface area contributed by atoms with E-state index < -0.39 is 0 Å². The van der Waals surface area contributed by atoms with Crippen molar-refractivity contribution < 1.29 is 9.53 Å². The van der Waals surface area contributed by atoms with Gasteiger partial charge in [0.1, 0.15) is 18.1 Å². The summed E-state index contributed by atoms with van der Waals surface area (Å²) in [6.07, 6.45) is 1.60. The summed E-state index contributed by atoms with van der Waals surface area (Å²) >= 11 is 7.43. The van der Waals surface area contributed by atoms with Crippen LogP contribution < -0.4 is 10.2 Å². The normalized spacial score (nSPS) is 11.0. The summed E-state index contributed by atoms with van der Waals surface area (Å²) in [5, 5.41) is 13.5. The number of hydrogen-bond donors (Lipinski definition) is 2. The van der Waals surface area contributed by atoms with Crippen molar-refractivity contribution >= 4 is 35.1 Å². The number of aromatic nitrogens is 2. The lowest BCUT2D eigenvalue weighted by Gasteiger charge is -2.07. The maximum absolute atomic E-state index is 12.2. The number of hydrazone groups is 1. The molecule has 1 amide bonds. The van der Waals surface area contributed by atoms with E-state index in [1.54, 1.807) is 12.3 Å². The van der Waals surface area contributed by atoms with Crippen LogP contribution in [-0.4, -0.2) is 22.3 Å². The summed E-state index contributed by atoms with van der Waals surface area (Å²) < 4.78 is 5.79. The first kappa shape index (κ1) is 19.9. The number of thiophene rings is 1. The molecule has 2 aromatic heterocycles. The van der Waals surface area contributed by atoms with Crippen molar-refractivity contribution in [2.75, 3.05) is 0 Å². The minimum Gasteiger partial charge on any atom is -0.489 e. The third-order valence-electron chi connectivity index (χ3n) is 4.19. The number of rotatable bonds is 7. The summed E-state index contributed by atoms with van der Waals surface area (Å²) in [4.78, 5) is 13.1. The largest absolute Gasteiger partial charge is 0.489 e. The average Bonchev–Trinajstić information content (AvgIpc) is 3.46. The molecule has 0 saturated heterocycles. The van der Waals surface area contributed by atoms with Crippen LogP contribution >= 0.6 is 22.9 Å². The van der Waals surface area contributed by atoms with E-state index in [1.165, 1.54) is 11.3 Å². The van der Waals surface area contributed by atoms with E-state index in [-0.39, 0.29) is 5.91 Å². The summed E-state index contributed by atoms with van der Waals surface area (Å²) in [7, 11) is 0. The van der Waals surface area contributed by atoms with Crippen molar-refractivity contribution in [1.82, 2.24) is 15.6 Å².